The van der Waals surface area contributed by atoms with Crippen molar-refractivity contribution in [1.82, 2.24) is 15.5 Å². The highest BCUT2D eigenvalue weighted by Crippen LogP contribution is 2.19. The Morgan fingerprint density at radius 1 is 1.47 bits per heavy atom. The molecule has 0 fully saturated rings. The van der Waals surface area contributed by atoms with Gasteiger partial charge in [0.2, 0.25) is 0 Å². The monoisotopic (exact) mass is 207 g/mol. The van der Waals surface area contributed by atoms with Crippen LogP contribution in [0, 0.1) is 6.92 Å². The van der Waals surface area contributed by atoms with Crippen molar-refractivity contribution in [3.8, 4) is 11.5 Å². The fourth-order valence-corrected chi connectivity index (χ4v) is 1.24. The largest absolute Gasteiger partial charge is 0.469 e. The lowest BCUT2D eigenvalue weighted by atomic mass is 10.3. The Bertz CT molecular complexity index is 433. The summed E-state index contributed by atoms with van der Waals surface area (Å²) in [6, 6.07) is 1.87. The van der Waals surface area contributed by atoms with Crippen molar-refractivity contribution in [2.45, 2.75) is 20.4 Å². The first-order valence-electron chi connectivity index (χ1n) is 4.88. The van der Waals surface area contributed by atoms with E-state index < -0.39 is 0 Å². The molecule has 80 valence electrons. The molecule has 0 atom stereocenters. The number of hydrogen-bond acceptors (Lipinski definition) is 5. The zero-order chi connectivity index (χ0) is 10.7. The van der Waals surface area contributed by atoms with E-state index in [0.717, 1.165) is 17.9 Å². The van der Waals surface area contributed by atoms with Crippen molar-refractivity contribution in [2.24, 2.45) is 0 Å². The summed E-state index contributed by atoms with van der Waals surface area (Å²) in [5.74, 6) is 1.99. The molecule has 0 aliphatic carbocycles. The molecule has 0 aliphatic rings. The Hall–Kier alpha value is -1.62. The molecule has 2 aromatic heterocycles. The van der Waals surface area contributed by atoms with E-state index in [-0.39, 0.29) is 0 Å². The van der Waals surface area contributed by atoms with Gasteiger partial charge in [-0.15, -0.1) is 0 Å². The van der Waals surface area contributed by atoms with Gasteiger partial charge in [0.15, 0.2) is 5.82 Å². The SMILES string of the molecule is CCNCc1noc(-c2coc(C)c2)n1. The van der Waals surface area contributed by atoms with E-state index in [9.17, 15) is 0 Å². The van der Waals surface area contributed by atoms with Crippen molar-refractivity contribution in [1.29, 1.82) is 0 Å². The predicted molar refractivity (Wildman–Crippen MR) is 54.1 cm³/mol. The van der Waals surface area contributed by atoms with Gasteiger partial charge in [-0.2, -0.15) is 4.98 Å². The average Bonchev–Trinajstić information content (AvgIpc) is 2.83. The van der Waals surface area contributed by atoms with Gasteiger partial charge < -0.3 is 14.3 Å². The molecule has 0 aromatic carbocycles. The van der Waals surface area contributed by atoms with Gasteiger partial charge in [0.05, 0.1) is 12.1 Å². The molecule has 5 nitrogen and oxygen atoms in total. The van der Waals surface area contributed by atoms with Crippen LogP contribution in [-0.4, -0.2) is 16.7 Å². The molecule has 0 unspecified atom stereocenters. The number of nitrogens with one attached hydrogen (secondary N) is 1. The molecular formula is C10H13N3O2. The van der Waals surface area contributed by atoms with E-state index in [1.807, 2.05) is 19.9 Å². The number of hydrogen-bond donors (Lipinski definition) is 1. The highest BCUT2D eigenvalue weighted by Gasteiger charge is 2.10. The molecule has 2 heterocycles. The van der Waals surface area contributed by atoms with Crippen LogP contribution in [-0.2, 0) is 6.54 Å². The Morgan fingerprint density at radius 2 is 2.33 bits per heavy atom. The van der Waals surface area contributed by atoms with Crippen LogP contribution in [0.3, 0.4) is 0 Å². The van der Waals surface area contributed by atoms with E-state index in [1.165, 1.54) is 0 Å². The molecule has 1 N–H and O–H groups in total. The van der Waals surface area contributed by atoms with Gasteiger partial charge in [-0.25, -0.2) is 0 Å². The van der Waals surface area contributed by atoms with Crippen LogP contribution in [0.2, 0.25) is 0 Å². The molecule has 2 rings (SSSR count). The number of rotatable bonds is 4. The van der Waals surface area contributed by atoms with Gasteiger partial charge in [-0.05, 0) is 19.5 Å². The minimum Gasteiger partial charge on any atom is -0.469 e. The maximum absolute atomic E-state index is 5.17. The average molecular weight is 207 g/mol. The zero-order valence-corrected chi connectivity index (χ0v) is 8.78. The molecule has 0 amide bonds. The first kappa shape index (κ1) is 9.92. The molecule has 0 aliphatic heterocycles. The smallest absolute Gasteiger partial charge is 0.261 e. The van der Waals surface area contributed by atoms with E-state index in [2.05, 4.69) is 15.5 Å². The van der Waals surface area contributed by atoms with Crippen LogP contribution < -0.4 is 5.32 Å². The molecule has 15 heavy (non-hydrogen) atoms. The predicted octanol–water partition coefficient (Wildman–Crippen LogP) is 1.75. The van der Waals surface area contributed by atoms with E-state index in [0.29, 0.717) is 18.3 Å². The summed E-state index contributed by atoms with van der Waals surface area (Å²) in [7, 11) is 0. The Kier molecular flexibility index (Phi) is 2.82. The van der Waals surface area contributed by atoms with Crippen molar-refractivity contribution in [3.05, 3.63) is 23.9 Å². The number of aryl methyl sites for hydroxylation is 1. The van der Waals surface area contributed by atoms with Gasteiger partial charge in [0.25, 0.3) is 5.89 Å². The standard InChI is InChI=1S/C10H13N3O2/c1-3-11-5-9-12-10(15-13-9)8-4-7(2)14-6-8/h4,6,11H,3,5H2,1-2H3. The van der Waals surface area contributed by atoms with Gasteiger partial charge >= 0.3 is 0 Å². The third-order valence-corrected chi connectivity index (χ3v) is 1.98. The lowest BCUT2D eigenvalue weighted by molar-refractivity contribution is 0.419. The van der Waals surface area contributed by atoms with Gasteiger partial charge in [0.1, 0.15) is 12.0 Å². The van der Waals surface area contributed by atoms with Gasteiger partial charge in [0, 0.05) is 0 Å². The summed E-state index contributed by atoms with van der Waals surface area (Å²) in [6.45, 7) is 5.41. The highest BCUT2D eigenvalue weighted by atomic mass is 16.5. The second-order valence-electron chi connectivity index (χ2n) is 3.24. The summed E-state index contributed by atoms with van der Waals surface area (Å²) in [4.78, 5) is 4.23. The van der Waals surface area contributed by atoms with Crippen molar-refractivity contribution in [3.63, 3.8) is 0 Å². The molecule has 0 saturated heterocycles. The molecular weight excluding hydrogens is 194 g/mol. The third-order valence-electron chi connectivity index (χ3n) is 1.98. The van der Waals surface area contributed by atoms with E-state index in [1.54, 1.807) is 6.26 Å². The van der Waals surface area contributed by atoms with Crippen molar-refractivity contribution >= 4 is 0 Å². The molecule has 2 aromatic rings. The first-order chi connectivity index (χ1) is 7.29. The number of furan rings is 1. The summed E-state index contributed by atoms with van der Waals surface area (Å²) in [5, 5.41) is 6.98. The maximum Gasteiger partial charge on any atom is 0.261 e. The van der Waals surface area contributed by atoms with Crippen LogP contribution in [0.5, 0.6) is 0 Å². The maximum atomic E-state index is 5.17. The van der Waals surface area contributed by atoms with Crippen molar-refractivity contribution < 1.29 is 8.94 Å². The second kappa shape index (κ2) is 4.27. The summed E-state index contributed by atoms with van der Waals surface area (Å²) < 4.78 is 10.3. The Balaban J connectivity index is 2.13. The topological polar surface area (TPSA) is 64.1 Å². The van der Waals surface area contributed by atoms with Crippen LogP contribution in [0.1, 0.15) is 18.5 Å². The summed E-state index contributed by atoms with van der Waals surface area (Å²) >= 11 is 0. The Morgan fingerprint density at radius 3 is 3.00 bits per heavy atom. The van der Waals surface area contributed by atoms with Crippen molar-refractivity contribution in [2.75, 3.05) is 6.54 Å². The highest BCUT2D eigenvalue weighted by molar-refractivity contribution is 5.51. The normalized spacial score (nSPS) is 10.8. The zero-order valence-electron chi connectivity index (χ0n) is 8.78. The summed E-state index contributed by atoms with van der Waals surface area (Å²) in [5.41, 5.74) is 0.822. The lowest BCUT2D eigenvalue weighted by Gasteiger charge is -1.91. The number of aromatic nitrogens is 2. The van der Waals surface area contributed by atoms with E-state index >= 15 is 0 Å². The van der Waals surface area contributed by atoms with Crippen LogP contribution >= 0.6 is 0 Å². The Labute approximate surface area is 87.5 Å². The molecule has 0 radical (unpaired) electrons. The fourth-order valence-electron chi connectivity index (χ4n) is 1.24. The molecule has 0 saturated carbocycles. The van der Waals surface area contributed by atoms with E-state index in [4.69, 9.17) is 8.94 Å². The molecule has 0 bridgehead atoms. The third kappa shape index (κ3) is 2.24. The van der Waals surface area contributed by atoms with Crippen LogP contribution in [0.15, 0.2) is 21.3 Å². The van der Waals surface area contributed by atoms with Gasteiger partial charge in [-0.3, -0.25) is 0 Å². The van der Waals surface area contributed by atoms with Crippen LogP contribution in [0.4, 0.5) is 0 Å². The minimum absolute atomic E-state index is 0.500. The molecule has 5 heteroatoms. The van der Waals surface area contributed by atoms with Crippen LogP contribution in [0.25, 0.3) is 11.5 Å². The summed E-state index contributed by atoms with van der Waals surface area (Å²) in [6.07, 6.45) is 1.61. The first-order valence-corrected chi connectivity index (χ1v) is 4.88. The van der Waals surface area contributed by atoms with Gasteiger partial charge in [-0.1, -0.05) is 12.1 Å². The quantitative estimate of drug-likeness (QED) is 0.827. The lowest BCUT2D eigenvalue weighted by Crippen LogP contribution is -2.12. The second-order valence-corrected chi connectivity index (χ2v) is 3.24. The fraction of sp³-hybridized carbons (Fsp3) is 0.400. The minimum atomic E-state index is 0.500. The molecule has 0 spiro atoms. The number of nitrogens with zero attached hydrogens (tertiary/aromatic N) is 2.